The van der Waals surface area contributed by atoms with Gasteiger partial charge in [-0.3, -0.25) is 4.79 Å². The molecule has 1 fully saturated rings. The van der Waals surface area contributed by atoms with E-state index >= 15 is 0 Å². The third kappa shape index (κ3) is 3.13. The summed E-state index contributed by atoms with van der Waals surface area (Å²) in [6.45, 7) is 0.818. The number of thiazole rings is 1. The summed E-state index contributed by atoms with van der Waals surface area (Å²) in [7, 11) is 0. The molecule has 0 unspecified atom stereocenters. The van der Waals surface area contributed by atoms with E-state index in [1.807, 2.05) is 58.0 Å². The van der Waals surface area contributed by atoms with Gasteiger partial charge in [0, 0.05) is 48.4 Å². The number of hydrogen-bond acceptors (Lipinski definition) is 4. The SMILES string of the molecule is O=C1CCCN1c1ccc(-c2csc(Cc3cn4ccccc4n3)n2)cc1. The van der Waals surface area contributed by atoms with Crippen LogP contribution < -0.4 is 4.90 Å². The minimum atomic E-state index is 0.214. The summed E-state index contributed by atoms with van der Waals surface area (Å²) in [5.74, 6) is 0.214. The zero-order valence-electron chi connectivity index (χ0n) is 14.7. The fourth-order valence-electron chi connectivity index (χ4n) is 3.49. The Labute approximate surface area is 160 Å². The summed E-state index contributed by atoms with van der Waals surface area (Å²) in [5.41, 5.74) is 4.99. The second-order valence-electron chi connectivity index (χ2n) is 6.70. The molecule has 0 saturated carbocycles. The zero-order chi connectivity index (χ0) is 18.2. The molecule has 4 aromatic rings. The number of imidazole rings is 1. The molecule has 5 rings (SSSR count). The molecule has 6 heteroatoms. The molecule has 0 spiro atoms. The van der Waals surface area contributed by atoms with Crippen molar-refractivity contribution in [2.75, 3.05) is 11.4 Å². The second-order valence-corrected chi connectivity index (χ2v) is 7.64. The van der Waals surface area contributed by atoms with Gasteiger partial charge in [-0.05, 0) is 30.7 Å². The number of amides is 1. The second kappa shape index (κ2) is 6.63. The first-order valence-electron chi connectivity index (χ1n) is 9.04. The van der Waals surface area contributed by atoms with Crippen LogP contribution in [0.4, 0.5) is 5.69 Å². The molecule has 0 radical (unpaired) electrons. The number of benzene rings is 1. The highest BCUT2D eigenvalue weighted by Crippen LogP contribution is 2.27. The standard InChI is InChI=1S/C21H18N4OS/c26-21-5-3-11-25(21)17-8-6-15(7-9-17)18-14-27-20(23-18)12-16-13-24-10-2-1-4-19(24)22-16/h1-2,4,6-10,13-14H,3,5,11-12H2. The van der Waals surface area contributed by atoms with Gasteiger partial charge in [0.1, 0.15) is 5.65 Å². The number of aromatic nitrogens is 3. The lowest BCUT2D eigenvalue weighted by Crippen LogP contribution is -2.23. The summed E-state index contributed by atoms with van der Waals surface area (Å²) in [4.78, 5) is 23.2. The fourth-order valence-corrected chi connectivity index (χ4v) is 4.30. The third-order valence-corrected chi connectivity index (χ3v) is 5.69. The van der Waals surface area contributed by atoms with Crippen molar-refractivity contribution >= 4 is 28.6 Å². The van der Waals surface area contributed by atoms with Gasteiger partial charge >= 0.3 is 0 Å². The maximum atomic E-state index is 11.9. The van der Waals surface area contributed by atoms with Gasteiger partial charge in [0.05, 0.1) is 16.4 Å². The Morgan fingerprint density at radius 3 is 2.74 bits per heavy atom. The molecule has 0 atom stereocenters. The van der Waals surface area contributed by atoms with Gasteiger partial charge < -0.3 is 9.30 Å². The molecule has 0 bridgehead atoms. The van der Waals surface area contributed by atoms with Gasteiger partial charge in [-0.25, -0.2) is 9.97 Å². The summed E-state index contributed by atoms with van der Waals surface area (Å²) in [5, 5.41) is 3.13. The van der Waals surface area contributed by atoms with Crippen LogP contribution in [0, 0.1) is 0 Å². The van der Waals surface area contributed by atoms with Crippen molar-refractivity contribution in [1.29, 1.82) is 0 Å². The van der Waals surface area contributed by atoms with Crippen LogP contribution in [-0.4, -0.2) is 26.8 Å². The number of anilines is 1. The van der Waals surface area contributed by atoms with E-state index in [2.05, 4.69) is 16.6 Å². The lowest BCUT2D eigenvalue weighted by molar-refractivity contribution is -0.117. The van der Waals surface area contributed by atoms with Crippen molar-refractivity contribution in [2.45, 2.75) is 19.3 Å². The fraction of sp³-hybridized carbons (Fsp3) is 0.190. The van der Waals surface area contributed by atoms with Gasteiger partial charge in [-0.2, -0.15) is 0 Å². The van der Waals surface area contributed by atoms with Crippen molar-refractivity contribution < 1.29 is 4.79 Å². The van der Waals surface area contributed by atoms with E-state index in [4.69, 9.17) is 4.98 Å². The zero-order valence-corrected chi connectivity index (χ0v) is 15.5. The van der Waals surface area contributed by atoms with E-state index in [-0.39, 0.29) is 5.91 Å². The molecule has 0 N–H and O–H groups in total. The number of nitrogens with zero attached hydrogens (tertiary/aromatic N) is 4. The number of fused-ring (bicyclic) bond motifs is 1. The Balaban J connectivity index is 1.34. The summed E-state index contributed by atoms with van der Waals surface area (Å²) < 4.78 is 2.03. The normalized spacial score (nSPS) is 14.4. The van der Waals surface area contributed by atoms with E-state index in [0.717, 1.165) is 52.7 Å². The van der Waals surface area contributed by atoms with Crippen LogP contribution in [0.3, 0.4) is 0 Å². The molecule has 1 aliphatic rings. The molecule has 134 valence electrons. The van der Waals surface area contributed by atoms with Gasteiger partial charge in [0.2, 0.25) is 5.91 Å². The first-order valence-corrected chi connectivity index (χ1v) is 9.92. The van der Waals surface area contributed by atoms with Crippen LogP contribution in [0.1, 0.15) is 23.5 Å². The quantitative estimate of drug-likeness (QED) is 0.539. The van der Waals surface area contributed by atoms with Crippen LogP contribution in [0.15, 0.2) is 60.2 Å². The van der Waals surface area contributed by atoms with Crippen molar-refractivity contribution in [3.63, 3.8) is 0 Å². The summed E-state index contributed by atoms with van der Waals surface area (Å²) >= 11 is 1.65. The predicted molar refractivity (Wildman–Crippen MR) is 107 cm³/mol. The molecule has 27 heavy (non-hydrogen) atoms. The predicted octanol–water partition coefficient (Wildman–Crippen LogP) is 4.18. The lowest BCUT2D eigenvalue weighted by Gasteiger charge is -2.15. The Morgan fingerprint density at radius 1 is 1.07 bits per heavy atom. The maximum absolute atomic E-state index is 11.9. The first-order chi connectivity index (χ1) is 13.3. The largest absolute Gasteiger partial charge is 0.312 e. The highest BCUT2D eigenvalue weighted by Gasteiger charge is 2.21. The number of carbonyl (C=O) groups is 1. The Bertz CT molecular complexity index is 1080. The highest BCUT2D eigenvalue weighted by molar-refractivity contribution is 7.10. The van der Waals surface area contributed by atoms with Gasteiger partial charge in [0.15, 0.2) is 0 Å². The Kier molecular flexibility index (Phi) is 3.98. The van der Waals surface area contributed by atoms with Crippen molar-refractivity contribution in [3.05, 3.63) is 70.9 Å². The minimum absolute atomic E-state index is 0.214. The lowest BCUT2D eigenvalue weighted by atomic mass is 10.1. The van der Waals surface area contributed by atoms with Crippen molar-refractivity contribution in [1.82, 2.24) is 14.4 Å². The van der Waals surface area contributed by atoms with Crippen molar-refractivity contribution in [3.8, 4) is 11.3 Å². The number of hydrogen-bond donors (Lipinski definition) is 0. The molecule has 1 aliphatic heterocycles. The van der Waals surface area contributed by atoms with E-state index < -0.39 is 0 Å². The molecule has 1 saturated heterocycles. The van der Waals surface area contributed by atoms with Crippen LogP contribution in [-0.2, 0) is 11.2 Å². The minimum Gasteiger partial charge on any atom is -0.312 e. The average molecular weight is 374 g/mol. The maximum Gasteiger partial charge on any atom is 0.227 e. The monoisotopic (exact) mass is 374 g/mol. The van der Waals surface area contributed by atoms with Gasteiger partial charge in [-0.15, -0.1) is 11.3 Å². The van der Waals surface area contributed by atoms with E-state index in [1.165, 1.54) is 0 Å². The van der Waals surface area contributed by atoms with E-state index in [9.17, 15) is 4.79 Å². The molecule has 5 nitrogen and oxygen atoms in total. The summed E-state index contributed by atoms with van der Waals surface area (Å²) in [6.07, 6.45) is 6.39. The topological polar surface area (TPSA) is 50.5 Å². The molecule has 3 aromatic heterocycles. The van der Waals surface area contributed by atoms with Crippen LogP contribution in [0.25, 0.3) is 16.9 Å². The Morgan fingerprint density at radius 2 is 1.96 bits per heavy atom. The molecular weight excluding hydrogens is 356 g/mol. The van der Waals surface area contributed by atoms with Gasteiger partial charge in [-0.1, -0.05) is 18.2 Å². The third-order valence-electron chi connectivity index (χ3n) is 4.85. The summed E-state index contributed by atoms with van der Waals surface area (Å²) in [6, 6.07) is 14.1. The van der Waals surface area contributed by atoms with Crippen LogP contribution in [0.5, 0.6) is 0 Å². The smallest absolute Gasteiger partial charge is 0.227 e. The van der Waals surface area contributed by atoms with Gasteiger partial charge in [0.25, 0.3) is 0 Å². The van der Waals surface area contributed by atoms with Crippen LogP contribution in [0.2, 0.25) is 0 Å². The number of pyridine rings is 1. The highest BCUT2D eigenvalue weighted by atomic mass is 32.1. The number of carbonyl (C=O) groups excluding carboxylic acids is 1. The van der Waals surface area contributed by atoms with Crippen LogP contribution >= 0.6 is 11.3 Å². The van der Waals surface area contributed by atoms with Crippen molar-refractivity contribution in [2.24, 2.45) is 0 Å². The molecule has 0 aliphatic carbocycles. The molecule has 1 amide bonds. The molecular formula is C21H18N4OS. The molecule has 1 aromatic carbocycles. The number of rotatable bonds is 4. The Hall–Kier alpha value is -2.99. The average Bonchev–Trinajstić information content (AvgIpc) is 3.41. The molecule has 4 heterocycles. The van der Waals surface area contributed by atoms with E-state index in [1.54, 1.807) is 11.3 Å². The van der Waals surface area contributed by atoms with E-state index in [0.29, 0.717) is 6.42 Å². The first kappa shape index (κ1) is 16.2.